The molecular weight excluding hydrogens is 286 g/mol. The van der Waals surface area contributed by atoms with E-state index in [-0.39, 0.29) is 5.15 Å². The molecule has 10 heavy (non-hydrogen) atoms. The molecule has 0 amide bonds. The summed E-state index contributed by atoms with van der Waals surface area (Å²) in [6.07, 6.45) is 0.692. The van der Waals surface area contributed by atoms with Crippen molar-refractivity contribution in [1.29, 1.82) is 0 Å². The summed E-state index contributed by atoms with van der Waals surface area (Å²) in [5.74, 6) is 0. The number of nitrogens with zero attached hydrogens (tertiary/aromatic N) is 1. The summed E-state index contributed by atoms with van der Waals surface area (Å²) >= 11 is 8.70. The second kappa shape index (κ2) is 3.49. The van der Waals surface area contributed by atoms with Crippen molar-refractivity contribution in [2.45, 2.75) is 0 Å². The van der Waals surface area contributed by atoms with Crippen LogP contribution in [0.3, 0.4) is 0 Å². The minimum Gasteiger partial charge on any atom is -0.304 e. The van der Waals surface area contributed by atoms with E-state index < -0.39 is 0 Å². The monoisotopic (exact) mass is 288 g/mol. The minimum absolute atomic E-state index is 0.263. The highest BCUT2D eigenvalue weighted by Gasteiger charge is 2.05. The van der Waals surface area contributed by atoms with Crippen LogP contribution in [0.1, 0.15) is 9.67 Å². The first-order valence-electron chi connectivity index (χ1n) is 2.26. The van der Waals surface area contributed by atoms with E-state index in [1.54, 1.807) is 0 Å². The van der Waals surface area contributed by atoms with Crippen LogP contribution in [-0.2, 0) is 0 Å². The van der Waals surface area contributed by atoms with Crippen LogP contribution in [0.4, 0.5) is 5.13 Å². The van der Waals surface area contributed by atoms with E-state index in [0.29, 0.717) is 16.3 Å². The van der Waals surface area contributed by atoms with Gasteiger partial charge in [0, 0.05) is 0 Å². The van der Waals surface area contributed by atoms with Crippen molar-refractivity contribution in [3.8, 4) is 0 Å². The summed E-state index contributed by atoms with van der Waals surface area (Å²) < 4.78 is 2.76. The van der Waals surface area contributed by atoms with Gasteiger partial charge in [0.1, 0.15) is 4.88 Å². The maximum Gasteiger partial charge on any atom is 0.193 e. The zero-order valence-corrected chi connectivity index (χ0v) is 8.33. The van der Waals surface area contributed by atoms with Crippen molar-refractivity contribution in [2.24, 2.45) is 0 Å². The van der Waals surface area contributed by atoms with Gasteiger partial charge in [-0.25, -0.2) is 4.98 Å². The topological polar surface area (TPSA) is 42.0 Å². The molecule has 1 heterocycles. The largest absolute Gasteiger partial charge is 0.304 e. The number of carbonyl (C=O) groups excluding carboxylic acids is 1. The molecule has 0 aliphatic heterocycles. The number of hydrogen-bond donors (Lipinski definition) is 1. The third-order valence-corrected chi connectivity index (χ3v) is 2.97. The Labute approximate surface area is 80.3 Å². The van der Waals surface area contributed by atoms with Crippen molar-refractivity contribution >= 4 is 57.2 Å². The Morgan fingerprint density at radius 1 is 1.80 bits per heavy atom. The van der Waals surface area contributed by atoms with E-state index in [1.807, 2.05) is 22.9 Å². The summed E-state index contributed by atoms with van der Waals surface area (Å²) in [4.78, 5) is 14.5. The second-order valence-corrected chi connectivity index (χ2v) is 3.31. The fraction of sp³-hybridized carbons (Fsp3) is 0. The number of hydrogen-bond acceptors (Lipinski definition) is 4. The zero-order valence-electron chi connectivity index (χ0n) is 4.60. The predicted molar refractivity (Wildman–Crippen MR) is 50.2 cm³/mol. The van der Waals surface area contributed by atoms with Gasteiger partial charge in [0.15, 0.2) is 16.6 Å². The molecule has 0 radical (unpaired) electrons. The molecule has 1 aromatic heterocycles. The van der Waals surface area contributed by atoms with Gasteiger partial charge in [-0.3, -0.25) is 4.79 Å². The van der Waals surface area contributed by atoms with Crippen LogP contribution in [0, 0.1) is 0 Å². The Hall–Kier alpha value is 0.120. The Kier molecular flexibility index (Phi) is 2.87. The highest BCUT2D eigenvalue weighted by Crippen LogP contribution is 2.25. The van der Waals surface area contributed by atoms with Crippen LogP contribution in [0.5, 0.6) is 0 Å². The lowest BCUT2D eigenvalue weighted by Crippen LogP contribution is -1.73. The smallest absolute Gasteiger partial charge is 0.193 e. The van der Waals surface area contributed by atoms with E-state index in [4.69, 9.17) is 11.6 Å². The first-order valence-corrected chi connectivity index (χ1v) is 4.53. The molecule has 6 heteroatoms. The van der Waals surface area contributed by atoms with E-state index >= 15 is 0 Å². The van der Waals surface area contributed by atoms with E-state index in [0.717, 1.165) is 0 Å². The molecule has 0 spiro atoms. The lowest BCUT2D eigenvalue weighted by molar-refractivity contribution is 0.112. The minimum atomic E-state index is 0.263. The normalized spacial score (nSPS) is 9.40. The maximum absolute atomic E-state index is 10.2. The van der Waals surface area contributed by atoms with E-state index in [1.165, 1.54) is 11.3 Å². The quantitative estimate of drug-likeness (QED) is 0.516. The first-order chi connectivity index (χ1) is 4.77. The maximum atomic E-state index is 10.2. The lowest BCUT2D eigenvalue weighted by atomic mass is 10.6. The van der Waals surface area contributed by atoms with Crippen LogP contribution in [0.2, 0.25) is 5.15 Å². The standard InChI is InChI=1S/C4H2ClIN2OS/c5-3-2(1-9)10-4(7-3)8-6/h1H,(H,7,8). The van der Waals surface area contributed by atoms with Gasteiger partial charge in [-0.2, -0.15) is 0 Å². The first kappa shape index (κ1) is 8.22. The highest BCUT2D eigenvalue weighted by molar-refractivity contribution is 14.1. The molecule has 0 atom stereocenters. The average molecular weight is 288 g/mol. The summed E-state index contributed by atoms with van der Waals surface area (Å²) in [5.41, 5.74) is 0. The third kappa shape index (κ3) is 1.58. The molecule has 1 rings (SSSR count). The number of aromatic nitrogens is 1. The van der Waals surface area contributed by atoms with Gasteiger partial charge in [-0.15, -0.1) is 0 Å². The Balaban J connectivity index is 3.03. The SMILES string of the molecule is O=Cc1sc(NI)nc1Cl. The average Bonchev–Trinajstić information content (AvgIpc) is 2.30. The number of carbonyl (C=O) groups is 1. The predicted octanol–water partition coefficient (Wildman–Crippen LogP) is 2.37. The van der Waals surface area contributed by atoms with Crippen molar-refractivity contribution in [2.75, 3.05) is 3.53 Å². The summed E-state index contributed by atoms with van der Waals surface area (Å²) in [6, 6.07) is 0. The molecule has 0 aromatic carbocycles. The summed E-state index contributed by atoms with van der Waals surface area (Å²) in [6.45, 7) is 0. The van der Waals surface area contributed by atoms with Crippen LogP contribution in [0.15, 0.2) is 0 Å². The van der Waals surface area contributed by atoms with Gasteiger partial charge in [0.05, 0.1) is 22.9 Å². The van der Waals surface area contributed by atoms with Gasteiger partial charge in [0.25, 0.3) is 0 Å². The number of thiazole rings is 1. The molecule has 0 unspecified atom stereocenters. The molecule has 54 valence electrons. The van der Waals surface area contributed by atoms with Crippen molar-refractivity contribution < 1.29 is 4.79 Å². The van der Waals surface area contributed by atoms with E-state index in [9.17, 15) is 4.79 Å². The van der Waals surface area contributed by atoms with Crippen LogP contribution < -0.4 is 3.53 Å². The van der Waals surface area contributed by atoms with Gasteiger partial charge < -0.3 is 3.53 Å². The molecular formula is C4H2ClIN2OS. The van der Waals surface area contributed by atoms with Gasteiger partial charge in [-0.05, 0) is 0 Å². The van der Waals surface area contributed by atoms with Gasteiger partial charge in [0.2, 0.25) is 0 Å². The molecule has 0 aliphatic rings. The summed E-state index contributed by atoms with van der Waals surface area (Å²) in [7, 11) is 0. The van der Waals surface area contributed by atoms with Crippen LogP contribution in [0.25, 0.3) is 0 Å². The second-order valence-electron chi connectivity index (χ2n) is 1.39. The number of rotatable bonds is 2. The van der Waals surface area contributed by atoms with E-state index in [2.05, 4.69) is 8.51 Å². The van der Waals surface area contributed by atoms with Crippen molar-refractivity contribution in [3.63, 3.8) is 0 Å². The van der Waals surface area contributed by atoms with Crippen LogP contribution >= 0.6 is 45.8 Å². The Bertz CT molecular complexity index is 251. The fourth-order valence-corrected chi connectivity index (χ4v) is 1.73. The Morgan fingerprint density at radius 3 is 2.80 bits per heavy atom. The Morgan fingerprint density at radius 2 is 2.50 bits per heavy atom. The fourth-order valence-electron chi connectivity index (χ4n) is 0.426. The summed E-state index contributed by atoms with van der Waals surface area (Å²) in [5, 5.41) is 0.909. The zero-order chi connectivity index (χ0) is 7.56. The van der Waals surface area contributed by atoms with Crippen LogP contribution in [-0.4, -0.2) is 11.3 Å². The molecule has 0 saturated heterocycles. The highest BCUT2D eigenvalue weighted by atomic mass is 127. The molecule has 0 saturated carbocycles. The molecule has 3 nitrogen and oxygen atoms in total. The molecule has 1 aromatic rings. The number of nitrogens with one attached hydrogen (secondary N) is 1. The number of aldehydes is 1. The van der Waals surface area contributed by atoms with Gasteiger partial charge >= 0.3 is 0 Å². The molecule has 0 aliphatic carbocycles. The van der Waals surface area contributed by atoms with Gasteiger partial charge in [-0.1, -0.05) is 22.9 Å². The van der Waals surface area contributed by atoms with Crippen molar-refractivity contribution in [3.05, 3.63) is 10.0 Å². The molecule has 1 N–H and O–H groups in total. The van der Waals surface area contributed by atoms with Crippen molar-refractivity contribution in [1.82, 2.24) is 4.98 Å². The molecule has 0 fully saturated rings. The number of anilines is 1. The number of halogens is 2. The lowest BCUT2D eigenvalue weighted by Gasteiger charge is -1.81. The third-order valence-electron chi connectivity index (χ3n) is 0.798. The molecule has 0 bridgehead atoms.